The van der Waals surface area contributed by atoms with Crippen molar-refractivity contribution in [2.24, 2.45) is 10.9 Å². The van der Waals surface area contributed by atoms with Crippen LogP contribution in [0.1, 0.15) is 51.0 Å². The number of rotatable bonds is 9. The predicted molar refractivity (Wildman–Crippen MR) is 107 cm³/mol. The lowest BCUT2D eigenvalue weighted by atomic mass is 9.87. The van der Waals surface area contributed by atoms with Gasteiger partial charge in [0.1, 0.15) is 5.78 Å². The van der Waals surface area contributed by atoms with Crippen LogP contribution in [0.15, 0.2) is 77.2 Å². The van der Waals surface area contributed by atoms with Gasteiger partial charge < -0.3 is 0 Å². The quantitative estimate of drug-likeness (QED) is 0.564. The molecular weight excluding hydrogens is 320 g/mol. The molecule has 3 heteroatoms. The van der Waals surface area contributed by atoms with E-state index in [9.17, 15) is 4.79 Å². The van der Waals surface area contributed by atoms with Crippen LogP contribution in [0.25, 0.3) is 0 Å². The Morgan fingerprint density at radius 2 is 2.19 bits per heavy atom. The summed E-state index contributed by atoms with van der Waals surface area (Å²) in [5.74, 6) is 0.527. The first-order valence-corrected chi connectivity index (χ1v) is 9.38. The van der Waals surface area contributed by atoms with Crippen molar-refractivity contribution in [1.82, 2.24) is 4.98 Å². The molecule has 0 aromatic carbocycles. The molecule has 2 heterocycles. The van der Waals surface area contributed by atoms with Gasteiger partial charge >= 0.3 is 0 Å². The zero-order valence-electron chi connectivity index (χ0n) is 15.4. The molecule has 1 aromatic rings. The second kappa shape index (κ2) is 8.70. The van der Waals surface area contributed by atoms with Crippen molar-refractivity contribution in [3.05, 3.63) is 77.8 Å². The van der Waals surface area contributed by atoms with Crippen LogP contribution in [0, 0.1) is 5.92 Å². The van der Waals surface area contributed by atoms with Crippen molar-refractivity contribution in [3.63, 3.8) is 0 Å². The third-order valence-electron chi connectivity index (χ3n) is 5.09. The Bertz CT molecular complexity index is 797. The summed E-state index contributed by atoms with van der Waals surface area (Å²) in [5, 5.41) is 0. The SMILES string of the molecule is C=CCC1C(CCC(=O)CC2=CC=C(CC)C2)=CN=C1c1cccnc1. The highest BCUT2D eigenvalue weighted by Crippen LogP contribution is 2.31. The van der Waals surface area contributed by atoms with E-state index in [4.69, 9.17) is 0 Å². The number of aromatic nitrogens is 1. The fraction of sp³-hybridized carbons (Fsp3) is 0.348. The molecule has 1 aromatic heterocycles. The molecule has 0 saturated heterocycles. The average molecular weight is 346 g/mol. The van der Waals surface area contributed by atoms with Gasteiger partial charge in [0.25, 0.3) is 0 Å². The van der Waals surface area contributed by atoms with E-state index >= 15 is 0 Å². The lowest BCUT2D eigenvalue weighted by Crippen LogP contribution is -2.15. The van der Waals surface area contributed by atoms with Gasteiger partial charge in [0.2, 0.25) is 0 Å². The summed E-state index contributed by atoms with van der Waals surface area (Å²) in [5.41, 5.74) is 5.99. The van der Waals surface area contributed by atoms with Gasteiger partial charge in [-0.3, -0.25) is 14.8 Å². The molecule has 2 aliphatic rings. The van der Waals surface area contributed by atoms with Crippen molar-refractivity contribution in [1.29, 1.82) is 0 Å². The minimum absolute atomic E-state index is 0.212. The Hall–Kier alpha value is -2.55. The standard InChI is InChI=1S/C23H26N2O/c1-3-6-22-19(16-25-23(22)20-7-5-12-24-15-20)10-11-21(26)14-18-9-8-17(4-2)13-18/h3,5,7-9,12,15-16,22H,1,4,6,10-11,13-14H2,2H3. The van der Waals surface area contributed by atoms with Gasteiger partial charge in [0.05, 0.1) is 5.71 Å². The van der Waals surface area contributed by atoms with Gasteiger partial charge in [-0.05, 0) is 37.3 Å². The van der Waals surface area contributed by atoms with Crippen molar-refractivity contribution in [2.45, 2.75) is 45.4 Å². The largest absolute Gasteiger partial charge is 0.299 e. The zero-order valence-corrected chi connectivity index (χ0v) is 15.4. The third-order valence-corrected chi connectivity index (χ3v) is 5.09. The Morgan fingerprint density at radius 3 is 2.88 bits per heavy atom. The number of hydrogen-bond acceptors (Lipinski definition) is 3. The van der Waals surface area contributed by atoms with E-state index in [1.54, 1.807) is 6.20 Å². The molecule has 0 radical (unpaired) electrons. The fourth-order valence-electron chi connectivity index (χ4n) is 3.60. The van der Waals surface area contributed by atoms with Crippen molar-refractivity contribution in [3.8, 4) is 0 Å². The van der Waals surface area contributed by atoms with E-state index in [1.807, 2.05) is 30.6 Å². The summed E-state index contributed by atoms with van der Waals surface area (Å²) in [6.45, 7) is 6.05. The number of Topliss-reactive ketones (excluding diaryl/α,β-unsaturated/α-hetero) is 1. The maximum atomic E-state index is 12.4. The van der Waals surface area contributed by atoms with E-state index in [0.29, 0.717) is 18.6 Å². The van der Waals surface area contributed by atoms with Crippen LogP contribution in [0.3, 0.4) is 0 Å². The fourth-order valence-corrected chi connectivity index (χ4v) is 3.60. The van der Waals surface area contributed by atoms with Gasteiger partial charge in [-0.1, -0.05) is 42.4 Å². The van der Waals surface area contributed by atoms with Crippen LogP contribution in [0.4, 0.5) is 0 Å². The smallest absolute Gasteiger partial charge is 0.137 e. The molecule has 3 nitrogen and oxygen atoms in total. The Morgan fingerprint density at radius 1 is 1.35 bits per heavy atom. The summed E-state index contributed by atoms with van der Waals surface area (Å²) in [7, 11) is 0. The van der Waals surface area contributed by atoms with E-state index in [2.05, 4.69) is 35.6 Å². The average Bonchev–Trinajstić information content (AvgIpc) is 3.28. The van der Waals surface area contributed by atoms with Gasteiger partial charge in [0.15, 0.2) is 0 Å². The predicted octanol–water partition coefficient (Wildman–Crippen LogP) is 5.37. The lowest BCUT2D eigenvalue weighted by Gasteiger charge is -2.16. The third kappa shape index (κ3) is 4.34. The van der Waals surface area contributed by atoms with Gasteiger partial charge in [-0.2, -0.15) is 0 Å². The van der Waals surface area contributed by atoms with E-state index < -0.39 is 0 Å². The molecule has 3 rings (SSSR count). The van der Waals surface area contributed by atoms with Gasteiger partial charge in [-0.15, -0.1) is 6.58 Å². The maximum Gasteiger partial charge on any atom is 0.137 e. The van der Waals surface area contributed by atoms with Gasteiger partial charge in [0, 0.05) is 42.9 Å². The molecule has 0 spiro atoms. The molecule has 0 N–H and O–H groups in total. The molecule has 26 heavy (non-hydrogen) atoms. The molecule has 134 valence electrons. The van der Waals surface area contributed by atoms with Crippen LogP contribution in [0.2, 0.25) is 0 Å². The zero-order chi connectivity index (χ0) is 18.4. The van der Waals surface area contributed by atoms with Crippen molar-refractivity contribution in [2.75, 3.05) is 0 Å². The Labute approximate surface area is 156 Å². The van der Waals surface area contributed by atoms with Crippen LogP contribution in [0.5, 0.6) is 0 Å². The minimum Gasteiger partial charge on any atom is -0.299 e. The summed E-state index contributed by atoms with van der Waals surface area (Å²) in [4.78, 5) is 21.2. The van der Waals surface area contributed by atoms with Gasteiger partial charge in [-0.25, -0.2) is 0 Å². The van der Waals surface area contributed by atoms with E-state index in [1.165, 1.54) is 16.7 Å². The van der Waals surface area contributed by atoms with Crippen LogP contribution in [-0.2, 0) is 4.79 Å². The number of ketones is 1. The topological polar surface area (TPSA) is 42.3 Å². The highest BCUT2D eigenvalue weighted by Gasteiger charge is 2.25. The lowest BCUT2D eigenvalue weighted by molar-refractivity contribution is -0.118. The number of hydrogen-bond donors (Lipinski definition) is 0. The first kappa shape index (κ1) is 18.2. The number of nitrogens with zero attached hydrogens (tertiary/aromatic N) is 2. The molecule has 1 aliphatic heterocycles. The molecule has 0 saturated carbocycles. The normalized spacial score (nSPS) is 18.9. The highest BCUT2D eigenvalue weighted by atomic mass is 16.1. The maximum absolute atomic E-state index is 12.4. The first-order chi connectivity index (χ1) is 12.7. The number of carbonyl (C=O) groups excluding carboxylic acids is 1. The summed E-state index contributed by atoms with van der Waals surface area (Å²) < 4.78 is 0. The second-order valence-electron chi connectivity index (χ2n) is 6.93. The molecular formula is C23H26N2O. The Kier molecular flexibility index (Phi) is 6.11. The first-order valence-electron chi connectivity index (χ1n) is 9.38. The molecule has 0 amide bonds. The second-order valence-corrected chi connectivity index (χ2v) is 6.93. The number of pyridine rings is 1. The number of carbonyl (C=O) groups is 1. The molecule has 0 bridgehead atoms. The van der Waals surface area contributed by atoms with Crippen molar-refractivity contribution >= 4 is 11.5 Å². The Balaban J connectivity index is 1.55. The summed E-state index contributed by atoms with van der Waals surface area (Å²) >= 11 is 0. The van der Waals surface area contributed by atoms with Crippen molar-refractivity contribution < 1.29 is 4.79 Å². The van der Waals surface area contributed by atoms with E-state index in [-0.39, 0.29) is 5.92 Å². The number of aliphatic imine (C=N–C) groups is 1. The molecule has 1 atom stereocenters. The minimum atomic E-state index is 0.212. The van der Waals surface area contributed by atoms with E-state index in [0.717, 1.165) is 37.0 Å². The summed E-state index contributed by atoms with van der Waals surface area (Å²) in [6, 6.07) is 3.97. The summed E-state index contributed by atoms with van der Waals surface area (Å²) in [6.07, 6.45) is 16.6. The van der Waals surface area contributed by atoms with Crippen LogP contribution >= 0.6 is 0 Å². The van der Waals surface area contributed by atoms with Crippen LogP contribution < -0.4 is 0 Å². The highest BCUT2D eigenvalue weighted by molar-refractivity contribution is 6.05. The molecule has 1 unspecified atom stereocenters. The molecule has 0 fully saturated rings. The number of allylic oxidation sites excluding steroid dienone is 6. The monoisotopic (exact) mass is 346 g/mol. The molecule has 1 aliphatic carbocycles. The van der Waals surface area contributed by atoms with Crippen LogP contribution in [-0.4, -0.2) is 16.5 Å².